The molecule has 2 heteroatoms. The van der Waals surface area contributed by atoms with Crippen molar-refractivity contribution in [1.82, 2.24) is 0 Å². The summed E-state index contributed by atoms with van der Waals surface area (Å²) in [4.78, 5) is 0. The van der Waals surface area contributed by atoms with Gasteiger partial charge in [-0.3, -0.25) is 0 Å². The first-order chi connectivity index (χ1) is 8.24. The van der Waals surface area contributed by atoms with Crippen molar-refractivity contribution in [3.05, 3.63) is 34.9 Å². The van der Waals surface area contributed by atoms with Gasteiger partial charge in [-0.15, -0.1) is 0 Å². The minimum atomic E-state index is 0.635. The van der Waals surface area contributed by atoms with Crippen LogP contribution in [-0.2, 0) is 0 Å². The lowest BCUT2D eigenvalue weighted by Crippen LogP contribution is -2.28. The van der Waals surface area contributed by atoms with Gasteiger partial charge in [0.2, 0.25) is 0 Å². The number of hydrogen-bond donors (Lipinski definition) is 1. The molecule has 2 N–H and O–H groups in total. The maximum atomic E-state index is 5.95. The second-order valence-electron chi connectivity index (χ2n) is 5.24. The Balaban J connectivity index is 2.17. The van der Waals surface area contributed by atoms with Crippen molar-refractivity contribution in [3.8, 4) is 0 Å². The van der Waals surface area contributed by atoms with Gasteiger partial charge in [0, 0.05) is 5.02 Å². The molecule has 17 heavy (non-hydrogen) atoms. The van der Waals surface area contributed by atoms with Crippen molar-refractivity contribution < 1.29 is 0 Å². The third kappa shape index (κ3) is 3.02. The van der Waals surface area contributed by atoms with E-state index in [-0.39, 0.29) is 0 Å². The minimum absolute atomic E-state index is 0.635. The van der Waals surface area contributed by atoms with Crippen molar-refractivity contribution >= 4 is 11.6 Å². The number of halogens is 1. The Kier molecular flexibility index (Phi) is 4.47. The second-order valence-corrected chi connectivity index (χ2v) is 5.68. The van der Waals surface area contributed by atoms with E-state index < -0.39 is 0 Å². The molecule has 1 aromatic rings. The first-order valence-electron chi connectivity index (χ1n) is 6.70. The largest absolute Gasteiger partial charge is 0.330 e. The summed E-state index contributed by atoms with van der Waals surface area (Å²) in [5.74, 6) is 2.16. The summed E-state index contributed by atoms with van der Waals surface area (Å²) >= 11 is 5.95. The summed E-state index contributed by atoms with van der Waals surface area (Å²) in [5, 5.41) is 0.820. The molecule has 1 aliphatic carbocycles. The van der Waals surface area contributed by atoms with E-state index in [1.54, 1.807) is 0 Å². The standard InChI is InChI=1S/C15H22ClN/c1-2-11-3-4-13(10-17)15(9-11)12-5-7-14(16)8-6-12/h5-8,11,13,15H,2-4,9-10,17H2,1H3. The SMILES string of the molecule is CCC1CCC(CN)C(c2ccc(Cl)cc2)C1. The van der Waals surface area contributed by atoms with E-state index in [2.05, 4.69) is 19.1 Å². The molecule has 1 nitrogen and oxygen atoms in total. The molecule has 0 spiro atoms. The Morgan fingerprint density at radius 1 is 1.24 bits per heavy atom. The molecule has 0 saturated heterocycles. The Labute approximate surface area is 109 Å². The third-order valence-corrected chi connectivity index (χ3v) is 4.53. The first-order valence-corrected chi connectivity index (χ1v) is 7.08. The molecule has 0 aromatic heterocycles. The van der Waals surface area contributed by atoms with Gasteiger partial charge in [-0.1, -0.05) is 43.5 Å². The van der Waals surface area contributed by atoms with Gasteiger partial charge in [-0.2, -0.15) is 0 Å². The van der Waals surface area contributed by atoms with Gasteiger partial charge in [0.25, 0.3) is 0 Å². The lowest BCUT2D eigenvalue weighted by Gasteiger charge is -2.35. The molecular formula is C15H22ClN. The quantitative estimate of drug-likeness (QED) is 0.856. The Morgan fingerprint density at radius 3 is 2.53 bits per heavy atom. The monoisotopic (exact) mass is 251 g/mol. The topological polar surface area (TPSA) is 26.0 Å². The lowest BCUT2D eigenvalue weighted by atomic mass is 9.70. The fourth-order valence-corrected chi connectivity index (χ4v) is 3.22. The van der Waals surface area contributed by atoms with E-state index in [1.165, 1.54) is 31.2 Å². The maximum Gasteiger partial charge on any atom is 0.0406 e. The van der Waals surface area contributed by atoms with Crippen molar-refractivity contribution in [2.45, 2.75) is 38.5 Å². The summed E-state index contributed by atoms with van der Waals surface area (Å²) in [5.41, 5.74) is 7.34. The van der Waals surface area contributed by atoms with Crippen LogP contribution in [-0.4, -0.2) is 6.54 Å². The Hall–Kier alpha value is -0.530. The van der Waals surface area contributed by atoms with Crippen LogP contribution in [0.25, 0.3) is 0 Å². The molecule has 1 aliphatic rings. The summed E-state index contributed by atoms with van der Waals surface area (Å²) in [6, 6.07) is 8.35. The highest BCUT2D eigenvalue weighted by Crippen LogP contribution is 2.41. The average molecular weight is 252 g/mol. The summed E-state index contributed by atoms with van der Waals surface area (Å²) in [7, 11) is 0. The average Bonchev–Trinajstić information content (AvgIpc) is 2.39. The minimum Gasteiger partial charge on any atom is -0.330 e. The second kappa shape index (κ2) is 5.88. The van der Waals surface area contributed by atoms with E-state index in [1.807, 2.05) is 12.1 Å². The lowest BCUT2D eigenvalue weighted by molar-refractivity contribution is 0.236. The maximum absolute atomic E-state index is 5.95. The number of nitrogens with two attached hydrogens (primary N) is 1. The predicted octanol–water partition coefficient (Wildman–Crippen LogP) is 4.21. The zero-order valence-corrected chi connectivity index (χ0v) is 11.3. The molecule has 0 aliphatic heterocycles. The molecule has 0 radical (unpaired) electrons. The van der Waals surface area contributed by atoms with E-state index in [0.717, 1.165) is 17.5 Å². The van der Waals surface area contributed by atoms with Gasteiger partial charge in [0.15, 0.2) is 0 Å². The molecule has 3 unspecified atom stereocenters. The summed E-state index contributed by atoms with van der Waals surface area (Å²) in [6.07, 6.45) is 5.21. The molecule has 1 saturated carbocycles. The molecular weight excluding hydrogens is 230 g/mol. The van der Waals surface area contributed by atoms with E-state index in [9.17, 15) is 0 Å². The number of hydrogen-bond acceptors (Lipinski definition) is 1. The van der Waals surface area contributed by atoms with Gasteiger partial charge in [-0.05, 0) is 54.8 Å². The van der Waals surface area contributed by atoms with E-state index >= 15 is 0 Å². The number of rotatable bonds is 3. The van der Waals surface area contributed by atoms with Crippen molar-refractivity contribution in [2.24, 2.45) is 17.6 Å². The highest BCUT2D eigenvalue weighted by atomic mass is 35.5. The molecule has 94 valence electrons. The summed E-state index contributed by atoms with van der Waals surface area (Å²) < 4.78 is 0. The van der Waals surface area contributed by atoms with Crippen molar-refractivity contribution in [3.63, 3.8) is 0 Å². The highest BCUT2D eigenvalue weighted by Gasteiger charge is 2.29. The van der Waals surface area contributed by atoms with Gasteiger partial charge in [0.1, 0.15) is 0 Å². The highest BCUT2D eigenvalue weighted by molar-refractivity contribution is 6.30. The Bertz CT molecular complexity index is 346. The summed E-state index contributed by atoms with van der Waals surface area (Å²) in [6.45, 7) is 3.11. The zero-order valence-electron chi connectivity index (χ0n) is 10.5. The van der Waals surface area contributed by atoms with Gasteiger partial charge >= 0.3 is 0 Å². The molecule has 1 aromatic carbocycles. The Morgan fingerprint density at radius 2 is 1.94 bits per heavy atom. The van der Waals surface area contributed by atoms with Crippen LogP contribution >= 0.6 is 11.6 Å². The van der Waals surface area contributed by atoms with Crippen LogP contribution in [0.4, 0.5) is 0 Å². The van der Waals surface area contributed by atoms with Gasteiger partial charge in [0.05, 0.1) is 0 Å². The van der Waals surface area contributed by atoms with Crippen LogP contribution in [0.3, 0.4) is 0 Å². The van der Waals surface area contributed by atoms with Crippen LogP contribution in [0.1, 0.15) is 44.1 Å². The van der Waals surface area contributed by atoms with Crippen molar-refractivity contribution in [1.29, 1.82) is 0 Å². The normalized spacial score (nSPS) is 29.2. The van der Waals surface area contributed by atoms with E-state index in [4.69, 9.17) is 17.3 Å². The molecule has 3 atom stereocenters. The fraction of sp³-hybridized carbons (Fsp3) is 0.600. The van der Waals surface area contributed by atoms with Crippen LogP contribution in [0.2, 0.25) is 5.02 Å². The van der Waals surface area contributed by atoms with Crippen LogP contribution in [0.15, 0.2) is 24.3 Å². The predicted molar refractivity (Wildman–Crippen MR) is 74.4 cm³/mol. The van der Waals surface area contributed by atoms with Crippen LogP contribution in [0.5, 0.6) is 0 Å². The molecule has 1 fully saturated rings. The fourth-order valence-electron chi connectivity index (χ4n) is 3.09. The first kappa shape index (κ1) is 12.9. The van der Waals surface area contributed by atoms with Gasteiger partial charge < -0.3 is 5.73 Å². The molecule has 0 amide bonds. The van der Waals surface area contributed by atoms with Crippen LogP contribution in [0, 0.1) is 11.8 Å². The molecule has 2 rings (SSSR count). The van der Waals surface area contributed by atoms with Crippen LogP contribution < -0.4 is 5.73 Å². The molecule has 0 bridgehead atoms. The smallest absolute Gasteiger partial charge is 0.0406 e. The number of benzene rings is 1. The molecule has 0 heterocycles. The van der Waals surface area contributed by atoms with Gasteiger partial charge in [-0.25, -0.2) is 0 Å². The van der Waals surface area contributed by atoms with Crippen molar-refractivity contribution in [2.75, 3.05) is 6.54 Å². The zero-order chi connectivity index (χ0) is 12.3. The third-order valence-electron chi connectivity index (χ3n) is 4.28. The van der Waals surface area contributed by atoms with E-state index in [0.29, 0.717) is 11.8 Å².